The highest BCUT2D eigenvalue weighted by Gasteiger charge is 2.15. The van der Waals surface area contributed by atoms with Crippen LogP contribution in [0.3, 0.4) is 0 Å². The number of rotatable bonds is 7. The second-order valence-corrected chi connectivity index (χ2v) is 9.81. The maximum atomic E-state index is 12.3. The van der Waals surface area contributed by atoms with Crippen LogP contribution in [0.4, 0.5) is 5.69 Å². The second kappa shape index (κ2) is 10.8. The molecule has 0 bridgehead atoms. The molecule has 0 saturated carbocycles. The van der Waals surface area contributed by atoms with E-state index < -0.39 is 21.8 Å². The van der Waals surface area contributed by atoms with Gasteiger partial charge in [0.2, 0.25) is 10.0 Å². The third-order valence-corrected chi connectivity index (χ3v) is 6.42. The van der Waals surface area contributed by atoms with Crippen molar-refractivity contribution in [2.75, 3.05) is 5.32 Å². The molecule has 1 aromatic heterocycles. The number of carbonyl (C=O) groups is 2. The van der Waals surface area contributed by atoms with Crippen molar-refractivity contribution < 1.29 is 22.4 Å². The van der Waals surface area contributed by atoms with E-state index in [1.807, 2.05) is 0 Å². The third-order valence-electron chi connectivity index (χ3n) is 4.24. The number of sulfonamides is 1. The number of aryl methyl sites for hydroxylation is 1. The topological polar surface area (TPSA) is 130 Å². The van der Waals surface area contributed by atoms with Gasteiger partial charge in [0.25, 0.3) is 0 Å². The van der Waals surface area contributed by atoms with Crippen LogP contribution in [0.15, 0.2) is 73.5 Å². The molecule has 0 aliphatic heterocycles. The van der Waals surface area contributed by atoms with E-state index in [1.165, 1.54) is 24.4 Å². The molecule has 0 aliphatic rings. The number of benzene rings is 2. The van der Waals surface area contributed by atoms with Crippen molar-refractivity contribution in [3.63, 3.8) is 0 Å². The van der Waals surface area contributed by atoms with Crippen molar-refractivity contribution >= 4 is 61.3 Å². The summed E-state index contributed by atoms with van der Waals surface area (Å²) < 4.78 is 33.3. The molecule has 3 rings (SSSR count). The highest BCUT2D eigenvalue weighted by Crippen LogP contribution is 2.19. The minimum Gasteiger partial charge on any atom is -0.459 e. The van der Waals surface area contributed by atoms with Crippen LogP contribution in [-0.2, 0) is 26.2 Å². The molecule has 0 unspecified atom stereocenters. The normalized spacial score (nSPS) is 11.5. The Hall–Kier alpha value is -2.99. The SMILES string of the molecule is Cc1cc(Cl)ccc1NC(=O)C(=O)N/N=C/c1ccc(CNS(=O)(=O)c2ccc(Br)cc2)o1. The van der Waals surface area contributed by atoms with Gasteiger partial charge < -0.3 is 9.73 Å². The lowest BCUT2D eigenvalue weighted by Crippen LogP contribution is -2.32. The molecular weight excluding hydrogens is 536 g/mol. The van der Waals surface area contributed by atoms with Crippen LogP contribution < -0.4 is 15.5 Å². The molecule has 12 heteroatoms. The predicted molar refractivity (Wildman–Crippen MR) is 127 cm³/mol. The average molecular weight is 554 g/mol. The predicted octanol–water partition coefficient (Wildman–Crippen LogP) is 3.57. The molecule has 0 fully saturated rings. The largest absolute Gasteiger partial charge is 0.459 e. The Bertz CT molecular complexity index is 1310. The zero-order valence-electron chi connectivity index (χ0n) is 17.1. The molecule has 0 spiro atoms. The summed E-state index contributed by atoms with van der Waals surface area (Å²) in [6, 6.07) is 14.1. The van der Waals surface area contributed by atoms with Crippen LogP contribution in [-0.4, -0.2) is 26.4 Å². The number of halogens is 2. The molecule has 2 aromatic carbocycles. The third kappa shape index (κ3) is 6.99. The standard InChI is InChI=1S/C21H18BrClN4O5S/c1-13-10-15(23)4-9-19(13)26-20(28)21(29)27-24-11-16-5-6-17(32-16)12-25-33(30,31)18-7-2-14(22)3-8-18/h2-11,25H,12H2,1H3,(H,26,28)(H,27,29)/b24-11+. The van der Waals surface area contributed by atoms with E-state index in [4.69, 9.17) is 16.0 Å². The van der Waals surface area contributed by atoms with Crippen molar-refractivity contribution in [1.29, 1.82) is 0 Å². The number of nitrogens with zero attached hydrogens (tertiary/aromatic N) is 1. The van der Waals surface area contributed by atoms with Gasteiger partial charge in [0, 0.05) is 15.2 Å². The number of hydrogen-bond donors (Lipinski definition) is 3. The average Bonchev–Trinajstić information content (AvgIpc) is 3.22. The first-order chi connectivity index (χ1) is 15.6. The molecular formula is C21H18BrClN4O5S. The fourth-order valence-electron chi connectivity index (χ4n) is 2.57. The Morgan fingerprint density at radius 3 is 2.52 bits per heavy atom. The van der Waals surface area contributed by atoms with E-state index >= 15 is 0 Å². The lowest BCUT2D eigenvalue weighted by Gasteiger charge is -2.07. The summed E-state index contributed by atoms with van der Waals surface area (Å²) >= 11 is 9.12. The summed E-state index contributed by atoms with van der Waals surface area (Å²) in [5, 5.41) is 6.65. The van der Waals surface area contributed by atoms with Crippen LogP contribution >= 0.6 is 27.5 Å². The monoisotopic (exact) mass is 552 g/mol. The molecule has 172 valence electrons. The number of hydrogen-bond acceptors (Lipinski definition) is 6. The summed E-state index contributed by atoms with van der Waals surface area (Å²) in [7, 11) is -3.71. The number of carbonyl (C=O) groups excluding carboxylic acids is 2. The minimum absolute atomic E-state index is 0.0819. The molecule has 0 saturated heterocycles. The molecule has 0 aliphatic carbocycles. The van der Waals surface area contributed by atoms with Gasteiger partial charge in [-0.05, 0) is 67.1 Å². The molecule has 2 amide bonds. The molecule has 33 heavy (non-hydrogen) atoms. The van der Waals surface area contributed by atoms with Crippen molar-refractivity contribution in [2.24, 2.45) is 5.10 Å². The Balaban J connectivity index is 1.51. The maximum Gasteiger partial charge on any atom is 0.329 e. The Kier molecular flexibility index (Phi) is 8.03. The molecule has 3 aromatic rings. The number of amides is 2. The van der Waals surface area contributed by atoms with Crippen LogP contribution in [0.1, 0.15) is 17.1 Å². The lowest BCUT2D eigenvalue weighted by atomic mass is 10.2. The zero-order valence-corrected chi connectivity index (χ0v) is 20.3. The molecule has 9 nitrogen and oxygen atoms in total. The zero-order chi connectivity index (χ0) is 24.0. The van der Waals surface area contributed by atoms with Gasteiger partial charge in [0.05, 0.1) is 17.7 Å². The summed E-state index contributed by atoms with van der Waals surface area (Å²) in [6.45, 7) is 1.66. The minimum atomic E-state index is -3.71. The van der Waals surface area contributed by atoms with Crippen LogP contribution in [0.2, 0.25) is 5.02 Å². The first-order valence-electron chi connectivity index (χ1n) is 9.38. The van der Waals surface area contributed by atoms with Gasteiger partial charge in [0.15, 0.2) is 0 Å². The van der Waals surface area contributed by atoms with Gasteiger partial charge in [-0.1, -0.05) is 27.5 Å². The van der Waals surface area contributed by atoms with E-state index in [-0.39, 0.29) is 17.2 Å². The highest BCUT2D eigenvalue weighted by molar-refractivity contribution is 9.10. The maximum absolute atomic E-state index is 12.3. The first kappa shape index (κ1) is 24.6. The number of anilines is 1. The van der Waals surface area contributed by atoms with Gasteiger partial charge in [-0.3, -0.25) is 9.59 Å². The number of nitrogens with one attached hydrogen (secondary N) is 3. The van der Waals surface area contributed by atoms with Crippen LogP contribution in [0.25, 0.3) is 0 Å². The van der Waals surface area contributed by atoms with Gasteiger partial charge in [-0.15, -0.1) is 0 Å². The fraction of sp³-hybridized carbons (Fsp3) is 0.0952. The van der Waals surface area contributed by atoms with Crippen molar-refractivity contribution in [3.05, 3.63) is 81.2 Å². The smallest absolute Gasteiger partial charge is 0.329 e. The molecule has 0 atom stereocenters. The first-order valence-corrected chi connectivity index (χ1v) is 12.0. The number of hydrazone groups is 1. The Labute approximate surface area is 203 Å². The van der Waals surface area contributed by atoms with Gasteiger partial charge in [0.1, 0.15) is 11.5 Å². The van der Waals surface area contributed by atoms with Crippen molar-refractivity contribution in [3.8, 4) is 0 Å². The summed E-state index contributed by atoms with van der Waals surface area (Å²) in [5.74, 6) is -1.30. The fourth-order valence-corrected chi connectivity index (χ4v) is 4.06. The second-order valence-electron chi connectivity index (χ2n) is 6.70. The van der Waals surface area contributed by atoms with E-state index in [1.54, 1.807) is 43.3 Å². The van der Waals surface area contributed by atoms with Crippen LogP contribution in [0, 0.1) is 6.92 Å². The summed E-state index contributed by atoms with van der Waals surface area (Å²) in [6.07, 6.45) is 1.19. The summed E-state index contributed by atoms with van der Waals surface area (Å²) in [4.78, 5) is 24.0. The van der Waals surface area contributed by atoms with E-state index in [2.05, 4.69) is 36.5 Å². The lowest BCUT2D eigenvalue weighted by molar-refractivity contribution is -0.136. The van der Waals surface area contributed by atoms with Gasteiger partial charge in [-0.2, -0.15) is 5.10 Å². The Morgan fingerprint density at radius 1 is 1.09 bits per heavy atom. The summed E-state index contributed by atoms with van der Waals surface area (Å²) in [5.41, 5.74) is 3.24. The van der Waals surface area contributed by atoms with Gasteiger partial charge >= 0.3 is 11.8 Å². The molecule has 3 N–H and O–H groups in total. The van der Waals surface area contributed by atoms with Gasteiger partial charge in [-0.25, -0.2) is 18.6 Å². The van der Waals surface area contributed by atoms with Crippen molar-refractivity contribution in [1.82, 2.24) is 10.1 Å². The molecule has 0 radical (unpaired) electrons. The molecule has 1 heterocycles. The van der Waals surface area contributed by atoms with E-state index in [9.17, 15) is 18.0 Å². The van der Waals surface area contributed by atoms with E-state index in [0.29, 0.717) is 22.0 Å². The number of furan rings is 1. The van der Waals surface area contributed by atoms with Crippen molar-refractivity contribution in [2.45, 2.75) is 18.4 Å². The van der Waals surface area contributed by atoms with Crippen LogP contribution in [0.5, 0.6) is 0 Å². The van der Waals surface area contributed by atoms with E-state index in [0.717, 1.165) is 4.47 Å². The Morgan fingerprint density at radius 2 is 1.82 bits per heavy atom. The quantitative estimate of drug-likeness (QED) is 0.234. The highest BCUT2D eigenvalue weighted by atomic mass is 79.9.